The van der Waals surface area contributed by atoms with Crippen molar-refractivity contribution in [2.75, 3.05) is 6.26 Å². The molecule has 0 bridgehead atoms. The van der Waals surface area contributed by atoms with Gasteiger partial charge in [0, 0.05) is 34.8 Å². The monoisotopic (exact) mass is 385 g/mol. The van der Waals surface area contributed by atoms with Crippen molar-refractivity contribution >= 4 is 28.6 Å². The van der Waals surface area contributed by atoms with Gasteiger partial charge in [0.25, 0.3) is 5.91 Å². The molecule has 0 saturated carbocycles. The molecule has 0 aliphatic rings. The molecule has 2 aromatic carbocycles. The van der Waals surface area contributed by atoms with Gasteiger partial charge < -0.3 is 5.32 Å². The van der Waals surface area contributed by atoms with E-state index in [9.17, 15) is 4.79 Å². The Bertz CT molecular complexity index is 1110. The molecule has 4 rings (SSSR count). The molecule has 4 aromatic rings. The molecule has 0 atom stereocenters. The number of amides is 1. The predicted molar refractivity (Wildman–Crippen MR) is 114 cm³/mol. The van der Waals surface area contributed by atoms with Gasteiger partial charge >= 0.3 is 0 Å². The van der Waals surface area contributed by atoms with E-state index in [1.54, 1.807) is 24.2 Å². The minimum Gasteiger partial charge on any atom is -0.348 e. The highest BCUT2D eigenvalue weighted by Crippen LogP contribution is 2.24. The first-order valence-corrected chi connectivity index (χ1v) is 10.2. The lowest BCUT2D eigenvalue weighted by molar-refractivity contribution is 0.0952. The number of nitrogens with one attached hydrogen (secondary N) is 1. The lowest BCUT2D eigenvalue weighted by Gasteiger charge is -2.11. The van der Waals surface area contributed by atoms with Crippen LogP contribution in [0, 0.1) is 0 Å². The zero-order valence-electron chi connectivity index (χ0n) is 15.4. The van der Waals surface area contributed by atoms with E-state index >= 15 is 0 Å². The molecule has 0 aliphatic heterocycles. The second-order valence-corrected chi connectivity index (χ2v) is 7.22. The Kier molecular flexibility index (Phi) is 5.35. The van der Waals surface area contributed by atoms with Crippen molar-refractivity contribution in [2.45, 2.75) is 11.4 Å². The number of carbonyl (C=O) groups is 1. The van der Waals surface area contributed by atoms with Crippen LogP contribution in [0.3, 0.4) is 0 Å². The summed E-state index contributed by atoms with van der Waals surface area (Å²) in [5, 5.41) is 3.87. The molecule has 0 spiro atoms. The maximum absolute atomic E-state index is 13.0. The molecule has 5 heteroatoms. The van der Waals surface area contributed by atoms with Crippen LogP contribution in [0.2, 0.25) is 0 Å². The van der Waals surface area contributed by atoms with Crippen LogP contribution in [-0.2, 0) is 6.54 Å². The molecular formula is C23H19N3OS. The quantitative estimate of drug-likeness (QED) is 0.494. The molecule has 0 fully saturated rings. The maximum atomic E-state index is 13.0. The number of hydrogen-bond donors (Lipinski definition) is 1. The molecule has 138 valence electrons. The summed E-state index contributed by atoms with van der Waals surface area (Å²) in [7, 11) is 0. The van der Waals surface area contributed by atoms with Crippen LogP contribution in [0.4, 0.5) is 0 Å². The number of fused-ring (bicyclic) bond motifs is 1. The van der Waals surface area contributed by atoms with Crippen molar-refractivity contribution in [3.05, 3.63) is 90.3 Å². The number of carbonyl (C=O) groups excluding carboxylic acids is 1. The zero-order valence-corrected chi connectivity index (χ0v) is 16.2. The van der Waals surface area contributed by atoms with Gasteiger partial charge in [-0.2, -0.15) is 0 Å². The summed E-state index contributed by atoms with van der Waals surface area (Å²) in [5.74, 6) is -0.113. The number of pyridine rings is 2. The average Bonchev–Trinajstić information content (AvgIpc) is 2.77. The van der Waals surface area contributed by atoms with Crippen molar-refractivity contribution in [2.24, 2.45) is 0 Å². The number of rotatable bonds is 5. The molecule has 0 saturated heterocycles. The summed E-state index contributed by atoms with van der Waals surface area (Å²) in [6.07, 6.45) is 5.53. The molecule has 2 aromatic heterocycles. The highest BCUT2D eigenvalue weighted by atomic mass is 32.2. The van der Waals surface area contributed by atoms with Gasteiger partial charge in [-0.05, 0) is 48.2 Å². The summed E-state index contributed by atoms with van der Waals surface area (Å²) >= 11 is 1.70. The minimum absolute atomic E-state index is 0.113. The topological polar surface area (TPSA) is 54.9 Å². The Balaban J connectivity index is 1.65. The molecule has 2 heterocycles. The van der Waals surface area contributed by atoms with Gasteiger partial charge in [0.1, 0.15) is 0 Å². The van der Waals surface area contributed by atoms with Crippen LogP contribution in [0.5, 0.6) is 0 Å². The number of thioether (sulfide) groups is 1. The number of nitrogens with zero attached hydrogens (tertiary/aromatic N) is 2. The third-order valence-corrected chi connectivity index (χ3v) is 5.27. The largest absolute Gasteiger partial charge is 0.348 e. The lowest BCUT2D eigenvalue weighted by Crippen LogP contribution is -2.23. The van der Waals surface area contributed by atoms with Gasteiger partial charge in [-0.3, -0.25) is 9.78 Å². The Morgan fingerprint density at radius 1 is 1.04 bits per heavy atom. The van der Waals surface area contributed by atoms with Gasteiger partial charge in [-0.25, -0.2) is 4.98 Å². The van der Waals surface area contributed by atoms with E-state index in [2.05, 4.69) is 22.4 Å². The first-order chi connectivity index (χ1) is 13.7. The normalized spacial score (nSPS) is 10.8. The van der Waals surface area contributed by atoms with Crippen molar-refractivity contribution < 1.29 is 4.79 Å². The summed E-state index contributed by atoms with van der Waals surface area (Å²) in [6, 6.07) is 21.6. The van der Waals surface area contributed by atoms with E-state index < -0.39 is 0 Å². The molecule has 1 amide bonds. The molecule has 28 heavy (non-hydrogen) atoms. The fourth-order valence-electron chi connectivity index (χ4n) is 3.05. The van der Waals surface area contributed by atoms with Crippen molar-refractivity contribution in [3.8, 4) is 11.3 Å². The number of hydrogen-bond acceptors (Lipinski definition) is 4. The zero-order chi connectivity index (χ0) is 19.3. The van der Waals surface area contributed by atoms with Gasteiger partial charge in [0.15, 0.2) is 0 Å². The summed E-state index contributed by atoms with van der Waals surface area (Å²) < 4.78 is 0. The third kappa shape index (κ3) is 3.89. The van der Waals surface area contributed by atoms with Crippen LogP contribution >= 0.6 is 11.8 Å². The van der Waals surface area contributed by atoms with Crippen LogP contribution in [0.1, 0.15) is 15.9 Å². The molecule has 4 nitrogen and oxygen atoms in total. The van der Waals surface area contributed by atoms with Gasteiger partial charge in [-0.15, -0.1) is 11.8 Å². The second kappa shape index (κ2) is 8.23. The van der Waals surface area contributed by atoms with E-state index in [0.717, 1.165) is 27.7 Å². The van der Waals surface area contributed by atoms with Crippen LogP contribution < -0.4 is 5.32 Å². The highest BCUT2D eigenvalue weighted by molar-refractivity contribution is 7.98. The smallest absolute Gasteiger partial charge is 0.252 e. The second-order valence-electron chi connectivity index (χ2n) is 6.34. The molecule has 0 aliphatic carbocycles. The van der Waals surface area contributed by atoms with Crippen molar-refractivity contribution in [3.63, 3.8) is 0 Å². The summed E-state index contributed by atoms with van der Waals surface area (Å²) in [6.45, 7) is 0.479. The molecule has 1 N–H and O–H groups in total. The van der Waals surface area contributed by atoms with Gasteiger partial charge in [0.05, 0.1) is 16.8 Å². The highest BCUT2D eigenvalue weighted by Gasteiger charge is 2.14. The predicted octanol–water partition coefficient (Wildman–Crippen LogP) is 4.95. The van der Waals surface area contributed by atoms with Crippen molar-refractivity contribution in [1.29, 1.82) is 0 Å². The molecule has 0 radical (unpaired) electrons. The maximum Gasteiger partial charge on any atom is 0.252 e. The van der Waals surface area contributed by atoms with Crippen LogP contribution in [0.15, 0.2) is 84.0 Å². The Hall–Kier alpha value is -3.18. The van der Waals surface area contributed by atoms with E-state index in [4.69, 9.17) is 4.98 Å². The van der Waals surface area contributed by atoms with Gasteiger partial charge in [0.2, 0.25) is 0 Å². The van der Waals surface area contributed by atoms with Crippen molar-refractivity contribution in [1.82, 2.24) is 15.3 Å². The van der Waals surface area contributed by atoms with E-state index in [0.29, 0.717) is 12.1 Å². The van der Waals surface area contributed by atoms with E-state index in [-0.39, 0.29) is 5.91 Å². The third-order valence-electron chi connectivity index (χ3n) is 4.53. The summed E-state index contributed by atoms with van der Waals surface area (Å²) in [4.78, 5) is 23.1. The molecular weight excluding hydrogens is 366 g/mol. The minimum atomic E-state index is -0.113. The average molecular weight is 385 g/mol. The Labute approximate surface area is 168 Å². The first kappa shape index (κ1) is 18.2. The summed E-state index contributed by atoms with van der Waals surface area (Å²) in [5.41, 5.74) is 4.09. The first-order valence-electron chi connectivity index (χ1n) is 8.96. The van der Waals surface area contributed by atoms with Crippen LogP contribution in [-0.4, -0.2) is 22.1 Å². The van der Waals surface area contributed by atoms with Gasteiger partial charge in [-0.1, -0.05) is 30.3 Å². The standard InChI is InChI=1S/C23H19N3OS/c1-28-18-10-8-16(9-11-18)14-25-23(27)20-13-22(17-5-4-12-24-15-17)26-21-7-3-2-6-19(20)21/h2-13,15H,14H2,1H3,(H,25,27). The number of benzene rings is 2. The Morgan fingerprint density at radius 3 is 2.61 bits per heavy atom. The van der Waals surface area contributed by atoms with E-state index in [1.807, 2.05) is 60.9 Å². The molecule has 0 unspecified atom stereocenters. The van der Waals surface area contributed by atoms with Crippen LogP contribution in [0.25, 0.3) is 22.2 Å². The fourth-order valence-corrected chi connectivity index (χ4v) is 3.45. The number of aromatic nitrogens is 2. The van der Waals surface area contributed by atoms with E-state index in [1.165, 1.54) is 4.90 Å². The Morgan fingerprint density at radius 2 is 1.86 bits per heavy atom. The lowest BCUT2D eigenvalue weighted by atomic mass is 10.0. The SMILES string of the molecule is CSc1ccc(CNC(=O)c2cc(-c3cccnc3)nc3ccccc23)cc1. The number of para-hydroxylation sites is 1. The fraction of sp³-hybridized carbons (Fsp3) is 0.0870.